The van der Waals surface area contributed by atoms with E-state index in [-0.39, 0.29) is 28.7 Å². The van der Waals surface area contributed by atoms with Gasteiger partial charge in [0.25, 0.3) is 0 Å². The van der Waals surface area contributed by atoms with E-state index < -0.39 is 0 Å². The van der Waals surface area contributed by atoms with Crippen molar-refractivity contribution in [3.05, 3.63) is 23.9 Å². The molecule has 0 amide bonds. The summed E-state index contributed by atoms with van der Waals surface area (Å²) in [4.78, 5) is 8.19. The Labute approximate surface area is 130 Å². The predicted molar refractivity (Wildman–Crippen MR) is 89.6 cm³/mol. The lowest BCUT2D eigenvalue weighted by Crippen LogP contribution is -2.30. The molecular weight excluding hydrogens is 359 g/mol. The van der Waals surface area contributed by atoms with Crippen LogP contribution in [0.5, 0.6) is 0 Å². The number of hydrogen-bond acceptors (Lipinski definition) is 3. The van der Waals surface area contributed by atoms with Gasteiger partial charge in [-0.15, -0.1) is 35.7 Å². The molecule has 4 nitrogen and oxygen atoms in total. The number of thioether (sulfide) groups is 1. The fraction of sp³-hybridized carbons (Fsp3) is 0.500. The number of aromatic nitrogens is 1. The molecule has 102 valence electrons. The smallest absolute Gasteiger partial charge is 0.188 e. The van der Waals surface area contributed by atoms with Gasteiger partial charge in [0.05, 0.1) is 5.03 Å². The largest absolute Gasteiger partial charge is 0.370 e. The minimum atomic E-state index is 0. The lowest BCUT2D eigenvalue weighted by atomic mass is 10.2. The van der Waals surface area contributed by atoms with Crippen molar-refractivity contribution in [3.63, 3.8) is 0 Å². The first-order valence-corrected chi connectivity index (χ1v) is 6.32. The van der Waals surface area contributed by atoms with Gasteiger partial charge in [0.1, 0.15) is 0 Å². The molecule has 0 atom stereocenters. The summed E-state index contributed by atoms with van der Waals surface area (Å²) in [5, 5.41) is 4.06. The van der Waals surface area contributed by atoms with Crippen molar-refractivity contribution in [3.8, 4) is 0 Å². The fourth-order valence-corrected chi connectivity index (χ4v) is 2.15. The standard InChI is InChI=1S/C12H20N4S.HI/c1-12(2,3)17-10-7-9(5-6-15-10)8-16-11(13)14-4;/h5-7H,8H2,1-4H3,(H3,13,14,16);1H. The summed E-state index contributed by atoms with van der Waals surface area (Å²) in [5.41, 5.74) is 6.73. The molecule has 0 unspecified atom stereocenters. The van der Waals surface area contributed by atoms with Gasteiger partial charge < -0.3 is 11.1 Å². The van der Waals surface area contributed by atoms with Crippen molar-refractivity contribution in [1.82, 2.24) is 10.3 Å². The van der Waals surface area contributed by atoms with Crippen LogP contribution in [0.25, 0.3) is 0 Å². The van der Waals surface area contributed by atoms with Gasteiger partial charge in [-0.05, 0) is 17.7 Å². The summed E-state index contributed by atoms with van der Waals surface area (Å²) in [6, 6.07) is 4.05. The average molecular weight is 380 g/mol. The van der Waals surface area contributed by atoms with Crippen LogP contribution in [0.4, 0.5) is 0 Å². The van der Waals surface area contributed by atoms with Gasteiger partial charge >= 0.3 is 0 Å². The number of nitrogens with two attached hydrogens (primary N) is 1. The zero-order chi connectivity index (χ0) is 12.9. The van der Waals surface area contributed by atoms with E-state index in [9.17, 15) is 0 Å². The Morgan fingerprint density at radius 1 is 1.50 bits per heavy atom. The lowest BCUT2D eigenvalue weighted by Gasteiger charge is -2.17. The molecule has 0 aliphatic heterocycles. The molecule has 0 aliphatic rings. The Morgan fingerprint density at radius 2 is 2.17 bits per heavy atom. The number of aliphatic imine (C=N–C) groups is 1. The zero-order valence-corrected chi connectivity index (χ0v) is 14.4. The molecule has 0 fully saturated rings. The molecule has 0 saturated carbocycles. The van der Waals surface area contributed by atoms with E-state index in [2.05, 4.69) is 42.1 Å². The highest BCUT2D eigenvalue weighted by Gasteiger charge is 2.13. The molecule has 1 rings (SSSR count). The molecule has 1 aromatic rings. The molecule has 1 heterocycles. The molecule has 18 heavy (non-hydrogen) atoms. The Kier molecular flexibility index (Phi) is 7.61. The molecule has 3 N–H and O–H groups in total. The van der Waals surface area contributed by atoms with E-state index in [1.807, 2.05) is 12.3 Å². The lowest BCUT2D eigenvalue weighted by molar-refractivity contribution is 0.798. The van der Waals surface area contributed by atoms with Crippen LogP contribution in [0.2, 0.25) is 0 Å². The summed E-state index contributed by atoms with van der Waals surface area (Å²) in [6.45, 7) is 7.19. The van der Waals surface area contributed by atoms with Crippen LogP contribution in [0, 0.1) is 0 Å². The van der Waals surface area contributed by atoms with Crippen molar-refractivity contribution in [2.75, 3.05) is 7.05 Å². The maximum Gasteiger partial charge on any atom is 0.188 e. The topological polar surface area (TPSA) is 63.3 Å². The van der Waals surface area contributed by atoms with E-state index in [1.54, 1.807) is 18.8 Å². The number of nitrogens with zero attached hydrogens (tertiary/aromatic N) is 2. The van der Waals surface area contributed by atoms with Crippen molar-refractivity contribution in [1.29, 1.82) is 0 Å². The van der Waals surface area contributed by atoms with E-state index in [0.29, 0.717) is 12.5 Å². The molecule has 0 bridgehead atoms. The van der Waals surface area contributed by atoms with Gasteiger partial charge in [-0.25, -0.2) is 4.98 Å². The Hall–Kier alpha value is -0.500. The van der Waals surface area contributed by atoms with Gasteiger partial charge in [0.15, 0.2) is 5.96 Å². The van der Waals surface area contributed by atoms with Crippen LogP contribution >= 0.6 is 35.7 Å². The summed E-state index contributed by atoms with van der Waals surface area (Å²) in [7, 11) is 1.66. The highest BCUT2D eigenvalue weighted by atomic mass is 127. The molecule has 6 heteroatoms. The third-order valence-corrected chi connectivity index (χ3v) is 2.97. The Balaban J connectivity index is 0.00000289. The molecule has 1 aromatic heterocycles. The molecule has 0 aromatic carbocycles. The monoisotopic (exact) mass is 380 g/mol. The summed E-state index contributed by atoms with van der Waals surface area (Å²) < 4.78 is 0.170. The molecule has 0 aliphatic carbocycles. The van der Waals surface area contributed by atoms with Crippen molar-refractivity contribution in [2.45, 2.75) is 37.1 Å². The predicted octanol–water partition coefficient (Wildman–Crippen LogP) is 2.62. The molecule has 0 saturated heterocycles. The molecule has 0 spiro atoms. The SMILES string of the molecule is CN=C(N)NCc1ccnc(SC(C)(C)C)c1.I. The average Bonchev–Trinajstić information content (AvgIpc) is 2.24. The van der Waals surface area contributed by atoms with Crippen LogP contribution in [-0.2, 0) is 6.54 Å². The minimum Gasteiger partial charge on any atom is -0.370 e. The number of pyridine rings is 1. The maximum absolute atomic E-state index is 5.58. The van der Waals surface area contributed by atoms with Crippen molar-refractivity contribution < 1.29 is 0 Å². The maximum atomic E-state index is 5.58. The highest BCUT2D eigenvalue weighted by Crippen LogP contribution is 2.30. The summed E-state index contributed by atoms with van der Waals surface area (Å²) in [6.07, 6.45) is 1.82. The minimum absolute atomic E-state index is 0. The molecular formula is C12H21IN4S. The second kappa shape index (κ2) is 7.83. The second-order valence-electron chi connectivity index (χ2n) is 4.68. The van der Waals surface area contributed by atoms with Crippen molar-refractivity contribution in [2.24, 2.45) is 10.7 Å². The molecule has 0 radical (unpaired) electrons. The summed E-state index contributed by atoms with van der Waals surface area (Å²) >= 11 is 1.75. The number of nitrogens with one attached hydrogen (secondary N) is 1. The van der Waals surface area contributed by atoms with E-state index in [4.69, 9.17) is 5.73 Å². The fourth-order valence-electron chi connectivity index (χ4n) is 1.20. The first-order valence-electron chi connectivity index (χ1n) is 5.51. The number of halogens is 1. The Morgan fingerprint density at radius 3 is 2.72 bits per heavy atom. The zero-order valence-electron chi connectivity index (χ0n) is 11.2. The van der Waals surface area contributed by atoms with E-state index in [1.165, 1.54) is 0 Å². The van der Waals surface area contributed by atoms with Gasteiger partial charge in [0.2, 0.25) is 0 Å². The van der Waals surface area contributed by atoms with Crippen LogP contribution in [0.1, 0.15) is 26.3 Å². The quantitative estimate of drug-likeness (QED) is 0.366. The van der Waals surface area contributed by atoms with Gasteiger partial charge in [0, 0.05) is 24.5 Å². The van der Waals surface area contributed by atoms with Gasteiger partial charge in [-0.2, -0.15) is 0 Å². The van der Waals surface area contributed by atoms with Crippen molar-refractivity contribution >= 4 is 41.7 Å². The number of hydrogen-bond donors (Lipinski definition) is 2. The van der Waals surface area contributed by atoms with Crippen LogP contribution in [0.15, 0.2) is 28.3 Å². The number of guanidine groups is 1. The second-order valence-corrected chi connectivity index (χ2v) is 6.53. The van der Waals surface area contributed by atoms with E-state index in [0.717, 1.165) is 10.6 Å². The number of rotatable bonds is 3. The normalized spacial score (nSPS) is 11.9. The first-order chi connectivity index (χ1) is 7.90. The van der Waals surface area contributed by atoms with Crippen LogP contribution < -0.4 is 11.1 Å². The van der Waals surface area contributed by atoms with Crippen LogP contribution in [0.3, 0.4) is 0 Å². The van der Waals surface area contributed by atoms with Crippen LogP contribution in [-0.4, -0.2) is 22.7 Å². The van der Waals surface area contributed by atoms with E-state index >= 15 is 0 Å². The van der Waals surface area contributed by atoms with Gasteiger partial charge in [-0.1, -0.05) is 20.8 Å². The third kappa shape index (κ3) is 7.05. The summed E-state index contributed by atoms with van der Waals surface area (Å²) in [5.74, 6) is 0.451. The Bertz CT molecular complexity index is 401. The highest BCUT2D eigenvalue weighted by molar-refractivity contribution is 14.0. The first kappa shape index (κ1) is 17.5. The third-order valence-electron chi connectivity index (χ3n) is 1.92. The van der Waals surface area contributed by atoms with Gasteiger partial charge in [-0.3, -0.25) is 4.99 Å².